The van der Waals surface area contributed by atoms with Gasteiger partial charge in [-0.1, -0.05) is 0 Å². The summed E-state index contributed by atoms with van der Waals surface area (Å²) in [4.78, 5) is 16.0. The highest BCUT2D eigenvalue weighted by atomic mass is 16.5. The first-order valence-corrected chi connectivity index (χ1v) is 6.17. The molecule has 1 aromatic rings. The topological polar surface area (TPSA) is 77.2 Å². The van der Waals surface area contributed by atoms with Gasteiger partial charge in [0.1, 0.15) is 5.75 Å². The van der Waals surface area contributed by atoms with E-state index in [0.717, 1.165) is 19.3 Å². The minimum atomic E-state index is -0.113. The molecule has 3 N–H and O–H groups in total. The molecule has 2 rings (SSSR count). The van der Waals surface area contributed by atoms with Crippen molar-refractivity contribution < 1.29 is 9.53 Å². The summed E-state index contributed by atoms with van der Waals surface area (Å²) in [5.41, 5.74) is 6.34. The number of aromatic nitrogens is 1. The van der Waals surface area contributed by atoms with Crippen LogP contribution in [-0.2, 0) is 0 Å². The van der Waals surface area contributed by atoms with Gasteiger partial charge in [0.25, 0.3) is 5.91 Å². The second-order valence-electron chi connectivity index (χ2n) is 4.80. The molecule has 0 radical (unpaired) electrons. The molecule has 1 saturated carbocycles. The van der Waals surface area contributed by atoms with Crippen molar-refractivity contribution in [2.45, 2.75) is 19.3 Å². The third-order valence-corrected chi connectivity index (χ3v) is 3.50. The van der Waals surface area contributed by atoms with E-state index in [-0.39, 0.29) is 11.3 Å². The van der Waals surface area contributed by atoms with Crippen LogP contribution in [0.1, 0.15) is 29.6 Å². The molecule has 1 aromatic heterocycles. The fourth-order valence-corrected chi connectivity index (χ4v) is 2.09. The molecule has 18 heavy (non-hydrogen) atoms. The number of pyridine rings is 1. The first-order valence-electron chi connectivity index (χ1n) is 6.17. The van der Waals surface area contributed by atoms with E-state index in [1.54, 1.807) is 18.5 Å². The van der Waals surface area contributed by atoms with Gasteiger partial charge in [0.05, 0.1) is 18.9 Å². The SMILES string of the molecule is COc1cnccc1C(=O)NCC1(CCN)CC1. The van der Waals surface area contributed by atoms with Crippen molar-refractivity contribution in [2.75, 3.05) is 20.2 Å². The maximum atomic E-state index is 12.1. The number of methoxy groups -OCH3 is 1. The number of carbonyl (C=O) groups excluding carboxylic acids is 1. The van der Waals surface area contributed by atoms with E-state index in [9.17, 15) is 4.79 Å². The number of nitrogens with two attached hydrogens (primary N) is 1. The van der Waals surface area contributed by atoms with Gasteiger partial charge in [-0.3, -0.25) is 9.78 Å². The fourth-order valence-electron chi connectivity index (χ4n) is 2.09. The molecule has 0 aromatic carbocycles. The predicted octanol–water partition coefficient (Wildman–Crippen LogP) is 0.949. The van der Waals surface area contributed by atoms with Gasteiger partial charge in [0.15, 0.2) is 0 Å². The lowest BCUT2D eigenvalue weighted by atomic mass is 10.0. The van der Waals surface area contributed by atoms with Crippen molar-refractivity contribution >= 4 is 5.91 Å². The molecule has 0 spiro atoms. The van der Waals surface area contributed by atoms with E-state index < -0.39 is 0 Å². The van der Waals surface area contributed by atoms with Crippen LogP contribution in [0, 0.1) is 5.41 Å². The van der Waals surface area contributed by atoms with Crippen molar-refractivity contribution in [1.82, 2.24) is 10.3 Å². The van der Waals surface area contributed by atoms with Crippen LogP contribution in [-0.4, -0.2) is 31.1 Å². The van der Waals surface area contributed by atoms with E-state index in [0.29, 0.717) is 24.4 Å². The first kappa shape index (κ1) is 12.8. The molecule has 1 aliphatic rings. The second kappa shape index (κ2) is 5.35. The molecule has 5 heteroatoms. The van der Waals surface area contributed by atoms with Crippen molar-refractivity contribution in [1.29, 1.82) is 0 Å². The van der Waals surface area contributed by atoms with Crippen LogP contribution in [0.3, 0.4) is 0 Å². The van der Waals surface area contributed by atoms with Crippen LogP contribution in [0.4, 0.5) is 0 Å². The summed E-state index contributed by atoms with van der Waals surface area (Å²) in [7, 11) is 1.53. The van der Waals surface area contributed by atoms with E-state index in [4.69, 9.17) is 10.5 Å². The quantitative estimate of drug-likeness (QED) is 0.787. The number of nitrogens with one attached hydrogen (secondary N) is 1. The third-order valence-electron chi connectivity index (χ3n) is 3.50. The summed E-state index contributed by atoms with van der Waals surface area (Å²) in [6.45, 7) is 1.36. The van der Waals surface area contributed by atoms with E-state index in [2.05, 4.69) is 10.3 Å². The fraction of sp³-hybridized carbons (Fsp3) is 0.538. The lowest BCUT2D eigenvalue weighted by molar-refractivity contribution is 0.0941. The molecule has 0 unspecified atom stereocenters. The van der Waals surface area contributed by atoms with Crippen LogP contribution >= 0.6 is 0 Å². The summed E-state index contributed by atoms with van der Waals surface area (Å²) in [5, 5.41) is 2.96. The molecule has 0 bridgehead atoms. The van der Waals surface area contributed by atoms with Gasteiger partial charge in [-0.15, -0.1) is 0 Å². The minimum absolute atomic E-state index is 0.113. The van der Waals surface area contributed by atoms with Gasteiger partial charge in [-0.25, -0.2) is 0 Å². The molecule has 0 aliphatic heterocycles. The Labute approximate surface area is 107 Å². The standard InChI is InChI=1S/C13H19N3O2/c1-18-11-8-15-7-2-10(11)12(17)16-9-13(3-4-13)5-6-14/h2,7-8H,3-6,9,14H2,1H3,(H,16,17). The summed E-state index contributed by atoms with van der Waals surface area (Å²) in [6.07, 6.45) is 6.41. The summed E-state index contributed by atoms with van der Waals surface area (Å²) < 4.78 is 5.12. The lowest BCUT2D eigenvalue weighted by Gasteiger charge is -2.15. The van der Waals surface area contributed by atoms with Gasteiger partial charge in [0, 0.05) is 12.7 Å². The Hall–Kier alpha value is -1.62. The summed E-state index contributed by atoms with van der Waals surface area (Å²) in [6, 6.07) is 1.66. The Morgan fingerprint density at radius 1 is 1.61 bits per heavy atom. The molecule has 1 amide bonds. The number of ether oxygens (including phenoxy) is 1. The average molecular weight is 249 g/mol. The zero-order valence-electron chi connectivity index (χ0n) is 10.6. The smallest absolute Gasteiger partial charge is 0.255 e. The third kappa shape index (κ3) is 2.79. The zero-order valence-corrected chi connectivity index (χ0v) is 10.6. The molecule has 5 nitrogen and oxygen atoms in total. The maximum Gasteiger partial charge on any atom is 0.255 e. The Bertz CT molecular complexity index is 430. The van der Waals surface area contributed by atoms with Gasteiger partial charge in [0.2, 0.25) is 0 Å². The summed E-state index contributed by atoms with van der Waals surface area (Å²) in [5.74, 6) is 0.385. The highest BCUT2D eigenvalue weighted by Gasteiger charge is 2.41. The number of carbonyl (C=O) groups is 1. The molecule has 0 saturated heterocycles. The Morgan fingerprint density at radius 2 is 2.39 bits per heavy atom. The molecule has 0 atom stereocenters. The van der Waals surface area contributed by atoms with Gasteiger partial charge in [-0.2, -0.15) is 0 Å². The van der Waals surface area contributed by atoms with E-state index in [1.165, 1.54) is 7.11 Å². The predicted molar refractivity (Wildman–Crippen MR) is 68.5 cm³/mol. The summed E-state index contributed by atoms with van der Waals surface area (Å²) >= 11 is 0. The number of hydrogen-bond donors (Lipinski definition) is 2. The van der Waals surface area contributed by atoms with Crippen molar-refractivity contribution in [3.8, 4) is 5.75 Å². The second-order valence-corrected chi connectivity index (χ2v) is 4.80. The van der Waals surface area contributed by atoms with Crippen LogP contribution in [0.2, 0.25) is 0 Å². The lowest BCUT2D eigenvalue weighted by Crippen LogP contribution is -2.31. The van der Waals surface area contributed by atoms with Crippen molar-refractivity contribution in [2.24, 2.45) is 11.1 Å². The molecule has 98 valence electrons. The van der Waals surface area contributed by atoms with Crippen LogP contribution in [0.15, 0.2) is 18.5 Å². The van der Waals surface area contributed by atoms with Crippen molar-refractivity contribution in [3.05, 3.63) is 24.0 Å². The molecular formula is C13H19N3O2. The average Bonchev–Trinajstić information content (AvgIpc) is 3.16. The van der Waals surface area contributed by atoms with E-state index >= 15 is 0 Å². The molecule has 1 aliphatic carbocycles. The molecular weight excluding hydrogens is 230 g/mol. The number of rotatable bonds is 6. The zero-order chi connectivity index (χ0) is 13.0. The highest BCUT2D eigenvalue weighted by Crippen LogP contribution is 2.47. The largest absolute Gasteiger partial charge is 0.494 e. The monoisotopic (exact) mass is 249 g/mol. The number of hydrogen-bond acceptors (Lipinski definition) is 4. The molecule has 1 fully saturated rings. The highest BCUT2D eigenvalue weighted by molar-refractivity contribution is 5.96. The number of amides is 1. The van der Waals surface area contributed by atoms with Gasteiger partial charge >= 0.3 is 0 Å². The first-order chi connectivity index (χ1) is 8.71. The number of nitrogens with zero attached hydrogens (tertiary/aromatic N) is 1. The van der Waals surface area contributed by atoms with Crippen LogP contribution < -0.4 is 15.8 Å². The Kier molecular flexibility index (Phi) is 3.81. The Balaban J connectivity index is 1.96. The van der Waals surface area contributed by atoms with Gasteiger partial charge in [-0.05, 0) is 37.3 Å². The van der Waals surface area contributed by atoms with Gasteiger partial charge < -0.3 is 15.8 Å². The van der Waals surface area contributed by atoms with Crippen LogP contribution in [0.5, 0.6) is 5.75 Å². The molecule has 1 heterocycles. The minimum Gasteiger partial charge on any atom is -0.494 e. The maximum absolute atomic E-state index is 12.1. The van der Waals surface area contributed by atoms with Crippen molar-refractivity contribution in [3.63, 3.8) is 0 Å². The van der Waals surface area contributed by atoms with E-state index in [1.807, 2.05) is 0 Å². The normalized spacial score (nSPS) is 16.1. The van der Waals surface area contributed by atoms with Crippen LogP contribution in [0.25, 0.3) is 0 Å². The Morgan fingerprint density at radius 3 is 3.00 bits per heavy atom.